The van der Waals surface area contributed by atoms with Crippen molar-refractivity contribution in [2.75, 3.05) is 40.5 Å². The molecule has 10 N–H and O–H groups in total. The highest BCUT2D eigenvalue weighted by Gasteiger charge is 2.46. The van der Waals surface area contributed by atoms with E-state index in [1.165, 1.54) is 36.4 Å². The Labute approximate surface area is 285 Å². The lowest BCUT2D eigenvalue weighted by molar-refractivity contribution is -0.308. The van der Waals surface area contributed by atoms with Crippen LogP contribution in [-0.4, -0.2) is 153 Å². The van der Waals surface area contributed by atoms with Crippen LogP contribution in [0.3, 0.4) is 0 Å². The van der Waals surface area contributed by atoms with E-state index in [0.717, 1.165) is 0 Å². The van der Waals surface area contributed by atoms with Crippen LogP contribution in [0.1, 0.15) is 19.4 Å². The van der Waals surface area contributed by atoms with Crippen molar-refractivity contribution >= 4 is 0 Å². The summed E-state index contributed by atoms with van der Waals surface area (Å²) in [5.74, 6) is -3.41. The van der Waals surface area contributed by atoms with Crippen molar-refractivity contribution in [3.8, 4) is 23.0 Å². The average molecular weight is 693 g/mol. The lowest BCUT2D eigenvalue weighted by Gasteiger charge is -2.41. The van der Waals surface area contributed by atoms with Crippen molar-refractivity contribution in [1.82, 2.24) is 0 Å². The minimum atomic E-state index is -2.93. The molecule has 0 unspecified atom stereocenters. The van der Waals surface area contributed by atoms with Gasteiger partial charge in [-0.25, -0.2) is 0 Å². The van der Waals surface area contributed by atoms with E-state index in [2.05, 4.69) is 0 Å². The maximum Gasteiger partial charge on any atom is 0.186 e. The van der Waals surface area contributed by atoms with E-state index in [1.807, 2.05) is 0 Å². The number of hydrogen-bond acceptors (Lipinski definition) is 16. The molecular formula is C32H46O16. The summed E-state index contributed by atoms with van der Waals surface area (Å²) in [6, 6.07) is 7.76. The third-order valence-corrected chi connectivity index (χ3v) is 8.58. The summed E-state index contributed by atoms with van der Waals surface area (Å²) < 4.78 is 77.5. The number of phenols is 2. The van der Waals surface area contributed by atoms with Gasteiger partial charge in [0.25, 0.3) is 0 Å². The first kappa shape index (κ1) is 30.0. The van der Waals surface area contributed by atoms with Crippen LogP contribution in [0.15, 0.2) is 36.4 Å². The molecule has 16 nitrogen and oxygen atoms in total. The lowest BCUT2D eigenvalue weighted by Crippen LogP contribution is -2.59. The minimum Gasteiger partial charge on any atom is -0.504 e. The molecule has 0 saturated carbocycles. The zero-order valence-electron chi connectivity index (χ0n) is 31.6. The quantitative estimate of drug-likeness (QED) is 0.0947. The first-order chi connectivity index (χ1) is 25.2. The molecular weight excluding hydrogens is 640 g/mol. The van der Waals surface area contributed by atoms with Crippen LogP contribution in [0.2, 0.25) is 0 Å². The molecule has 0 spiro atoms. The van der Waals surface area contributed by atoms with Crippen molar-refractivity contribution < 1.29 is 87.7 Å². The van der Waals surface area contributed by atoms with Gasteiger partial charge in [-0.05, 0) is 60.1 Å². The van der Waals surface area contributed by atoms with Crippen molar-refractivity contribution in [2.24, 2.45) is 11.8 Å². The molecule has 2 fully saturated rings. The second-order valence-corrected chi connectivity index (χ2v) is 11.8. The Kier molecular flexibility index (Phi) is 10.8. The predicted molar refractivity (Wildman–Crippen MR) is 163 cm³/mol. The zero-order valence-corrected chi connectivity index (χ0v) is 25.6. The molecule has 2 aromatic rings. The number of methoxy groups -OCH3 is 2. The molecule has 2 aliphatic heterocycles. The third kappa shape index (κ3) is 8.84. The summed E-state index contributed by atoms with van der Waals surface area (Å²) in [5, 5.41) is 102. The van der Waals surface area contributed by atoms with Gasteiger partial charge in [0, 0.05) is 0 Å². The molecule has 0 amide bonds. The maximum atomic E-state index is 10.7. The second-order valence-electron chi connectivity index (χ2n) is 11.8. The summed E-state index contributed by atoms with van der Waals surface area (Å²) in [6.45, 7) is -2.24. The fourth-order valence-electron chi connectivity index (χ4n) is 5.71. The van der Waals surface area contributed by atoms with Gasteiger partial charge in [-0.3, -0.25) is 0 Å². The Morgan fingerprint density at radius 2 is 1.02 bits per heavy atom. The van der Waals surface area contributed by atoms with Gasteiger partial charge in [0.15, 0.2) is 35.6 Å². The molecule has 2 aliphatic rings. The van der Waals surface area contributed by atoms with Gasteiger partial charge in [0.1, 0.15) is 48.8 Å². The van der Waals surface area contributed by atoms with Gasteiger partial charge < -0.3 is 79.5 Å². The van der Waals surface area contributed by atoms with Gasteiger partial charge in [-0.2, -0.15) is 0 Å². The Balaban J connectivity index is 1.73. The van der Waals surface area contributed by atoms with Gasteiger partial charge >= 0.3 is 0 Å². The van der Waals surface area contributed by atoms with Crippen LogP contribution in [0.4, 0.5) is 0 Å². The van der Waals surface area contributed by atoms with Crippen LogP contribution >= 0.6 is 0 Å². The predicted octanol–water partition coefficient (Wildman–Crippen LogP) is -2.23. The standard InChI is InChI=1S/C32H46O16/c1-43-21-9-15(3-5-19(21)35)7-17(13-45-31-29(41)27(39)25(37)23(11-33)47-31)18(8-16-4-6-20(36)22(10-16)44-2)14-46-32-30(42)28(40)26(38)24(12-34)48-32/h3-6,9-10,17-18,23-42H,7-8,11-14H2,1-2H3/t17-,18-,23+,24+,25+,26+,27-,28-,29+,30+,31+,32+/m0/s1/i1D3,2D3. The molecule has 0 bridgehead atoms. The topological polar surface area (TPSA) is 258 Å². The van der Waals surface area contributed by atoms with E-state index in [4.69, 9.17) is 36.6 Å². The first-order valence-corrected chi connectivity index (χ1v) is 15.1. The number of aliphatic hydroxyl groups excluding tert-OH is 8. The molecule has 2 aromatic carbocycles. The van der Waals surface area contributed by atoms with Gasteiger partial charge in [0.05, 0.1) is 48.7 Å². The Bertz CT molecular complexity index is 1390. The Morgan fingerprint density at radius 1 is 0.625 bits per heavy atom. The van der Waals surface area contributed by atoms with Gasteiger partial charge in [-0.15, -0.1) is 0 Å². The van der Waals surface area contributed by atoms with Crippen molar-refractivity contribution in [3.63, 3.8) is 0 Å². The lowest BCUT2D eigenvalue weighted by atomic mass is 9.83. The fraction of sp³-hybridized carbons (Fsp3) is 0.625. The summed E-state index contributed by atoms with van der Waals surface area (Å²) in [6.07, 6.45) is -16.5. The van der Waals surface area contributed by atoms with E-state index < -0.39 is 112 Å². The molecule has 0 radical (unpaired) electrons. The van der Waals surface area contributed by atoms with E-state index in [1.54, 1.807) is 0 Å². The Morgan fingerprint density at radius 3 is 1.38 bits per heavy atom. The molecule has 2 saturated heterocycles. The van der Waals surface area contributed by atoms with Gasteiger partial charge in [-0.1, -0.05) is 12.1 Å². The number of phenolic OH excluding ortho intramolecular Hbond substituents is 2. The van der Waals surface area contributed by atoms with E-state index in [-0.39, 0.29) is 37.6 Å². The molecule has 270 valence electrons. The van der Waals surface area contributed by atoms with Gasteiger partial charge in [0.2, 0.25) is 0 Å². The smallest absolute Gasteiger partial charge is 0.186 e. The van der Waals surface area contributed by atoms with Crippen LogP contribution < -0.4 is 9.47 Å². The average Bonchev–Trinajstić information content (AvgIpc) is 3.09. The molecule has 12 atom stereocenters. The molecule has 48 heavy (non-hydrogen) atoms. The number of rotatable bonds is 15. The monoisotopic (exact) mass is 692 g/mol. The number of ether oxygens (including phenoxy) is 6. The minimum absolute atomic E-state index is 0.0471. The first-order valence-electron chi connectivity index (χ1n) is 18.1. The summed E-state index contributed by atoms with van der Waals surface area (Å²) in [7, 11) is -5.87. The van der Waals surface area contributed by atoms with E-state index in [0.29, 0.717) is 11.1 Å². The van der Waals surface area contributed by atoms with Crippen LogP contribution in [0, 0.1) is 11.8 Å². The molecule has 4 rings (SSSR count). The zero-order chi connectivity index (χ0) is 40.1. The normalized spacial score (nSPS) is 34.4. The summed E-state index contributed by atoms with van der Waals surface area (Å²) in [4.78, 5) is 0. The van der Waals surface area contributed by atoms with Crippen LogP contribution in [-0.2, 0) is 31.8 Å². The van der Waals surface area contributed by atoms with E-state index >= 15 is 0 Å². The molecule has 0 aromatic heterocycles. The molecule has 2 heterocycles. The maximum absolute atomic E-state index is 10.7. The molecule has 0 aliphatic carbocycles. The number of aliphatic hydroxyl groups is 8. The second kappa shape index (κ2) is 17.2. The highest BCUT2D eigenvalue weighted by Crippen LogP contribution is 2.34. The highest BCUT2D eigenvalue weighted by molar-refractivity contribution is 5.43. The number of benzene rings is 2. The number of aromatic hydroxyl groups is 2. The summed E-state index contributed by atoms with van der Waals surface area (Å²) >= 11 is 0. The number of hydrogen-bond donors (Lipinski definition) is 10. The fourth-order valence-corrected chi connectivity index (χ4v) is 5.71. The largest absolute Gasteiger partial charge is 0.504 e. The van der Waals surface area contributed by atoms with Crippen LogP contribution in [0.5, 0.6) is 23.0 Å². The van der Waals surface area contributed by atoms with E-state index in [9.17, 15) is 51.1 Å². The van der Waals surface area contributed by atoms with Crippen molar-refractivity contribution in [3.05, 3.63) is 47.5 Å². The molecule has 16 heteroatoms. The third-order valence-electron chi connectivity index (χ3n) is 8.58. The summed E-state index contributed by atoms with van der Waals surface area (Å²) in [5.41, 5.74) is 0.730. The highest BCUT2D eigenvalue weighted by atomic mass is 16.7. The SMILES string of the molecule is [2H]C([2H])([2H])Oc1cc(C[C@@H](CO[C@@H]2O[C@H](CO)[C@@H](O)[C@H](O)[C@H]2O)[C@H](CO[C@@H]2O[C@H](CO)[C@@H](O)[C@H](O)[C@H]2O)Cc2ccc(O)c(OC([2H])([2H])[2H])c2)ccc1O. The van der Waals surface area contributed by atoms with Crippen molar-refractivity contribution in [2.45, 2.75) is 74.3 Å². The van der Waals surface area contributed by atoms with Crippen molar-refractivity contribution in [1.29, 1.82) is 0 Å². The Hall–Kier alpha value is -2.84. The van der Waals surface area contributed by atoms with Crippen LogP contribution in [0.25, 0.3) is 0 Å².